The Labute approximate surface area is 195 Å². The van der Waals surface area contributed by atoms with Crippen molar-refractivity contribution < 1.29 is 14.7 Å². The standard InChI is InChI=1S/C26H29NO3SSi/c1-3-25(31-19-24(26(29)30)27-20(2)28)32(21-13-7-4-8-14-21,22-15-9-5-10-16-22)23-17-11-6-12-18-23/h4-18,24-25H,3,19H2,1-2H3,(H,27,28)(H,29,30)/t24-,25?/m0/s1. The molecule has 4 nitrogen and oxygen atoms in total. The lowest BCUT2D eigenvalue weighted by Crippen LogP contribution is -2.73. The number of carbonyl (C=O) groups is 2. The van der Waals surface area contributed by atoms with E-state index in [0.29, 0.717) is 5.75 Å². The molecule has 3 rings (SSSR count). The predicted octanol–water partition coefficient (Wildman–Crippen LogP) is 2.80. The van der Waals surface area contributed by atoms with Crippen LogP contribution in [-0.4, -0.2) is 41.7 Å². The molecule has 0 saturated heterocycles. The minimum atomic E-state index is -2.54. The van der Waals surface area contributed by atoms with Crippen LogP contribution >= 0.6 is 11.8 Å². The third kappa shape index (κ3) is 5.14. The Hall–Kier alpha value is -2.83. The molecule has 0 aromatic heterocycles. The maximum absolute atomic E-state index is 11.8. The van der Waals surface area contributed by atoms with Crippen LogP contribution in [0.3, 0.4) is 0 Å². The van der Waals surface area contributed by atoms with Crippen molar-refractivity contribution in [3.05, 3.63) is 91.0 Å². The average molecular weight is 464 g/mol. The van der Waals surface area contributed by atoms with Gasteiger partial charge in [-0.1, -0.05) is 97.9 Å². The predicted molar refractivity (Wildman–Crippen MR) is 136 cm³/mol. The molecule has 0 aliphatic carbocycles. The second-order valence-corrected chi connectivity index (χ2v) is 13.4. The molecule has 6 heteroatoms. The van der Waals surface area contributed by atoms with Gasteiger partial charge in [0.2, 0.25) is 5.91 Å². The first kappa shape index (κ1) is 23.8. The summed E-state index contributed by atoms with van der Waals surface area (Å²) in [7, 11) is -2.54. The van der Waals surface area contributed by atoms with Crippen molar-refractivity contribution in [1.29, 1.82) is 0 Å². The lowest BCUT2D eigenvalue weighted by atomic mass is 10.3. The Balaban J connectivity index is 2.16. The van der Waals surface area contributed by atoms with E-state index in [2.05, 4.69) is 85.0 Å². The fraction of sp³-hybridized carbons (Fsp3) is 0.231. The number of hydrogen-bond acceptors (Lipinski definition) is 3. The molecule has 0 aliphatic rings. The van der Waals surface area contributed by atoms with Crippen LogP contribution in [0.15, 0.2) is 91.0 Å². The molecule has 0 fully saturated rings. The first-order chi connectivity index (χ1) is 15.5. The van der Waals surface area contributed by atoms with Gasteiger partial charge in [-0.05, 0) is 22.0 Å². The van der Waals surface area contributed by atoms with Gasteiger partial charge >= 0.3 is 5.97 Å². The van der Waals surface area contributed by atoms with Crippen molar-refractivity contribution in [1.82, 2.24) is 5.32 Å². The van der Waals surface area contributed by atoms with Crippen molar-refractivity contribution >= 4 is 47.3 Å². The van der Waals surface area contributed by atoms with Crippen LogP contribution in [0.1, 0.15) is 20.3 Å². The zero-order valence-electron chi connectivity index (χ0n) is 18.4. The number of hydrogen-bond donors (Lipinski definition) is 2. The molecule has 0 spiro atoms. The van der Waals surface area contributed by atoms with Crippen molar-refractivity contribution in [2.45, 2.75) is 31.2 Å². The molecule has 32 heavy (non-hydrogen) atoms. The van der Waals surface area contributed by atoms with Crippen LogP contribution in [-0.2, 0) is 9.59 Å². The van der Waals surface area contributed by atoms with Gasteiger partial charge in [0.25, 0.3) is 0 Å². The fourth-order valence-electron chi connectivity index (χ4n) is 4.34. The summed E-state index contributed by atoms with van der Waals surface area (Å²) in [6.07, 6.45) is 0.877. The smallest absolute Gasteiger partial charge is 0.327 e. The molecule has 0 radical (unpaired) electrons. The molecule has 0 bridgehead atoms. The van der Waals surface area contributed by atoms with E-state index >= 15 is 0 Å². The molecule has 0 aliphatic heterocycles. The highest BCUT2D eigenvalue weighted by Crippen LogP contribution is 2.27. The molecular formula is C26H29NO3SSi. The summed E-state index contributed by atoms with van der Waals surface area (Å²) in [6.45, 7) is 3.53. The number of aliphatic carboxylic acids is 1. The number of nitrogens with one attached hydrogen (secondary N) is 1. The molecule has 2 atom stereocenters. The minimum Gasteiger partial charge on any atom is -0.480 e. The number of carbonyl (C=O) groups excluding carboxylic acids is 1. The Morgan fingerprint density at radius 2 is 1.25 bits per heavy atom. The summed E-state index contributed by atoms with van der Waals surface area (Å²) in [4.78, 5) is 23.5. The number of thioether (sulfide) groups is 1. The van der Waals surface area contributed by atoms with Gasteiger partial charge in [0, 0.05) is 17.5 Å². The van der Waals surface area contributed by atoms with E-state index in [4.69, 9.17) is 0 Å². The summed E-state index contributed by atoms with van der Waals surface area (Å²) >= 11 is 1.66. The largest absolute Gasteiger partial charge is 0.480 e. The normalized spacial score (nSPS) is 13.2. The van der Waals surface area contributed by atoms with E-state index in [1.807, 2.05) is 18.2 Å². The van der Waals surface area contributed by atoms with Gasteiger partial charge in [-0.3, -0.25) is 4.79 Å². The number of amides is 1. The highest BCUT2D eigenvalue weighted by molar-refractivity contribution is 8.02. The molecule has 166 valence electrons. The van der Waals surface area contributed by atoms with Crippen molar-refractivity contribution in [2.75, 3.05) is 5.75 Å². The van der Waals surface area contributed by atoms with Crippen LogP contribution in [0.4, 0.5) is 0 Å². The van der Waals surface area contributed by atoms with E-state index in [1.54, 1.807) is 11.8 Å². The van der Waals surface area contributed by atoms with Crippen molar-refractivity contribution in [2.24, 2.45) is 0 Å². The molecule has 3 aromatic rings. The van der Waals surface area contributed by atoms with Crippen molar-refractivity contribution in [3.63, 3.8) is 0 Å². The molecule has 1 unspecified atom stereocenters. The number of carboxylic acids is 1. The van der Waals surface area contributed by atoms with Crippen LogP contribution in [0.5, 0.6) is 0 Å². The highest BCUT2D eigenvalue weighted by Gasteiger charge is 2.46. The second-order valence-electron chi connectivity index (χ2n) is 7.73. The van der Waals surface area contributed by atoms with Gasteiger partial charge in [0.1, 0.15) is 6.04 Å². The molecule has 1 amide bonds. The average Bonchev–Trinajstić information content (AvgIpc) is 2.82. The summed E-state index contributed by atoms with van der Waals surface area (Å²) in [5.74, 6) is -1.02. The summed E-state index contributed by atoms with van der Waals surface area (Å²) in [5, 5.41) is 16.1. The second kappa shape index (κ2) is 11.2. The highest BCUT2D eigenvalue weighted by atomic mass is 32.2. The maximum atomic E-state index is 11.8. The minimum absolute atomic E-state index is 0.172. The maximum Gasteiger partial charge on any atom is 0.327 e. The number of carboxylic acid groups (broad SMARTS) is 1. The third-order valence-electron chi connectivity index (χ3n) is 5.68. The van der Waals surface area contributed by atoms with E-state index < -0.39 is 20.1 Å². The van der Waals surface area contributed by atoms with Gasteiger partial charge in [-0.2, -0.15) is 11.8 Å². The van der Waals surface area contributed by atoms with E-state index in [-0.39, 0.29) is 10.8 Å². The Kier molecular flexibility index (Phi) is 8.31. The zero-order valence-corrected chi connectivity index (χ0v) is 20.2. The first-order valence-electron chi connectivity index (χ1n) is 10.8. The molecule has 0 saturated carbocycles. The molecular weight excluding hydrogens is 434 g/mol. The third-order valence-corrected chi connectivity index (χ3v) is 13.6. The van der Waals surface area contributed by atoms with Gasteiger partial charge in [-0.15, -0.1) is 0 Å². The van der Waals surface area contributed by atoms with E-state index in [1.165, 1.54) is 22.5 Å². The summed E-state index contributed by atoms with van der Waals surface area (Å²) in [5.41, 5.74) is 0. The Morgan fingerprint density at radius 1 is 0.844 bits per heavy atom. The Bertz CT molecular complexity index is 918. The SMILES string of the molecule is CCC(SC[C@H](NC(C)=O)C(=O)O)[Si](c1ccccc1)(c1ccccc1)c1ccccc1. The van der Waals surface area contributed by atoms with Crippen LogP contribution in [0.25, 0.3) is 0 Å². The van der Waals surface area contributed by atoms with Crippen LogP contribution < -0.4 is 20.9 Å². The number of rotatable bonds is 10. The first-order valence-corrected chi connectivity index (χ1v) is 13.9. The topological polar surface area (TPSA) is 66.4 Å². The number of benzene rings is 3. The Morgan fingerprint density at radius 3 is 1.56 bits per heavy atom. The summed E-state index contributed by atoms with van der Waals surface area (Å²) in [6, 6.07) is 30.9. The molecule has 3 aromatic carbocycles. The summed E-state index contributed by atoms with van der Waals surface area (Å²) < 4.78 is 0. The van der Waals surface area contributed by atoms with Crippen LogP contribution in [0, 0.1) is 0 Å². The lowest BCUT2D eigenvalue weighted by molar-refractivity contribution is -0.140. The van der Waals surface area contributed by atoms with Gasteiger partial charge in [0.15, 0.2) is 8.07 Å². The zero-order chi connectivity index (χ0) is 23.0. The lowest BCUT2D eigenvalue weighted by Gasteiger charge is -2.40. The van der Waals surface area contributed by atoms with Gasteiger partial charge < -0.3 is 10.4 Å². The van der Waals surface area contributed by atoms with Crippen molar-refractivity contribution in [3.8, 4) is 0 Å². The van der Waals surface area contributed by atoms with E-state index in [9.17, 15) is 14.7 Å². The van der Waals surface area contributed by atoms with Gasteiger partial charge in [0.05, 0.1) is 0 Å². The molecule has 0 heterocycles. The molecule has 2 N–H and O–H groups in total. The van der Waals surface area contributed by atoms with Crippen LogP contribution in [0.2, 0.25) is 0 Å². The van der Waals surface area contributed by atoms with E-state index in [0.717, 1.165) is 6.42 Å². The quantitative estimate of drug-likeness (QED) is 0.358. The fourth-order valence-corrected chi connectivity index (χ4v) is 12.6. The monoisotopic (exact) mass is 463 g/mol. The van der Waals surface area contributed by atoms with Gasteiger partial charge in [-0.25, -0.2) is 4.79 Å².